The molecule has 2 heterocycles. The molecule has 1 aromatic rings. The molecule has 1 N–H and O–H groups in total. The van der Waals surface area contributed by atoms with Gasteiger partial charge in [-0.1, -0.05) is 36.0 Å². The Hall–Kier alpha value is -1.98. The molecule has 0 aromatic heterocycles. The molecule has 2 saturated heterocycles. The Morgan fingerprint density at radius 3 is 2.42 bits per heavy atom. The third-order valence-electron chi connectivity index (χ3n) is 6.94. The largest absolute Gasteiger partial charge is 0.480 e. The summed E-state index contributed by atoms with van der Waals surface area (Å²) >= 11 is 1.27. The van der Waals surface area contributed by atoms with Crippen molar-refractivity contribution in [2.75, 3.05) is 45.8 Å². The number of carbonyl (C=O) groups is 4. The minimum absolute atomic E-state index is 0. The molecular weight excluding hydrogens is 556 g/mol. The van der Waals surface area contributed by atoms with Gasteiger partial charge in [0.15, 0.2) is 10.9 Å². The van der Waals surface area contributed by atoms with Gasteiger partial charge in [0, 0.05) is 56.4 Å². The van der Waals surface area contributed by atoms with Crippen LogP contribution in [0.4, 0.5) is 4.39 Å². The molecule has 1 saturated carbocycles. The van der Waals surface area contributed by atoms with Crippen LogP contribution < -0.4 is 0 Å². The number of piperidine rings is 1. The number of halogens is 3. The predicted molar refractivity (Wildman–Crippen MR) is 148 cm³/mol. The zero-order valence-electron chi connectivity index (χ0n) is 21.2. The average molecular weight is 591 g/mol. The molecule has 3 fully saturated rings. The zero-order chi connectivity index (χ0) is 25.8. The smallest absolute Gasteiger partial charge is 0.323 e. The maximum absolute atomic E-state index is 14.8. The number of amides is 1. The van der Waals surface area contributed by atoms with Crippen molar-refractivity contribution in [3.8, 4) is 0 Å². The van der Waals surface area contributed by atoms with Gasteiger partial charge in [0.1, 0.15) is 12.4 Å². The lowest BCUT2D eigenvalue weighted by Crippen LogP contribution is -2.51. The highest BCUT2D eigenvalue weighted by Gasteiger charge is 2.41. The van der Waals surface area contributed by atoms with Gasteiger partial charge in [0.25, 0.3) is 0 Å². The number of rotatable bonds is 9. The van der Waals surface area contributed by atoms with Gasteiger partial charge in [-0.05, 0) is 30.9 Å². The summed E-state index contributed by atoms with van der Waals surface area (Å²) in [6.07, 6.45) is 4.35. The fraction of sp³-hybridized carbons (Fsp3) is 0.538. The molecule has 0 radical (unpaired) electrons. The molecule has 1 aromatic carbocycles. The first-order valence-electron chi connectivity index (χ1n) is 12.3. The van der Waals surface area contributed by atoms with Crippen LogP contribution in [-0.2, 0) is 19.2 Å². The Morgan fingerprint density at radius 1 is 1.11 bits per heavy atom. The van der Waals surface area contributed by atoms with E-state index >= 15 is 0 Å². The number of hydrogen-bond donors (Lipinski definition) is 1. The van der Waals surface area contributed by atoms with E-state index in [1.807, 2.05) is 15.9 Å². The summed E-state index contributed by atoms with van der Waals surface area (Å²) in [4.78, 5) is 53.8. The summed E-state index contributed by atoms with van der Waals surface area (Å²) in [6.45, 7) is 3.75. The number of thioether (sulfide) groups is 1. The van der Waals surface area contributed by atoms with Crippen LogP contribution in [0.3, 0.4) is 0 Å². The molecule has 12 heteroatoms. The van der Waals surface area contributed by atoms with E-state index in [-0.39, 0.29) is 71.7 Å². The normalized spacial score (nSPS) is 22.4. The Kier molecular flexibility index (Phi) is 12.2. The van der Waals surface area contributed by atoms with Gasteiger partial charge in [-0.25, -0.2) is 4.39 Å². The van der Waals surface area contributed by atoms with Crippen LogP contribution in [-0.4, -0.2) is 93.6 Å². The van der Waals surface area contributed by atoms with Crippen LogP contribution in [0, 0.1) is 11.7 Å². The molecular formula is C26H34Cl2FN3O5S. The van der Waals surface area contributed by atoms with Gasteiger partial charge in [-0.2, -0.15) is 0 Å². The molecule has 2 aliphatic heterocycles. The molecule has 8 nitrogen and oxygen atoms in total. The number of aliphatic carboxylic acids is 1. The SMILES string of the molecule is CC(=O)SC1CCN(C(C(=O)C2CC2)c2ccccc2F)CC1=CCN1CCN(CC(=O)O)C(=O)C1.Cl.Cl. The third-order valence-corrected chi connectivity index (χ3v) is 8.09. The fourth-order valence-corrected chi connectivity index (χ4v) is 5.89. The second-order valence-corrected chi connectivity index (χ2v) is 11.1. The molecule has 2 unspecified atom stereocenters. The first-order valence-corrected chi connectivity index (χ1v) is 13.2. The standard InChI is InChI=1S/C26H32FN3O5S.2ClH/c1-17(31)36-22-9-11-30(25(26(35)18-6-7-18)20-4-2-3-5-21(20)27)14-19(22)8-10-28-12-13-29(16-24(33)34)23(32)15-28;;/h2-5,8,18,22,25H,6-7,9-16H2,1H3,(H,33,34);2*1H. The van der Waals surface area contributed by atoms with Crippen molar-refractivity contribution in [2.24, 2.45) is 5.92 Å². The van der Waals surface area contributed by atoms with Gasteiger partial charge >= 0.3 is 5.97 Å². The van der Waals surface area contributed by atoms with Crippen molar-refractivity contribution in [1.29, 1.82) is 0 Å². The van der Waals surface area contributed by atoms with Crippen molar-refractivity contribution in [3.05, 3.63) is 47.3 Å². The molecule has 3 aliphatic rings. The van der Waals surface area contributed by atoms with Gasteiger partial charge < -0.3 is 10.0 Å². The van der Waals surface area contributed by atoms with Gasteiger partial charge in [-0.15, -0.1) is 24.8 Å². The first-order chi connectivity index (χ1) is 17.2. The highest BCUT2D eigenvalue weighted by atomic mass is 35.5. The summed E-state index contributed by atoms with van der Waals surface area (Å²) in [6, 6.07) is 5.78. The Balaban J connectivity index is 0.00000253. The van der Waals surface area contributed by atoms with E-state index in [0.717, 1.165) is 18.4 Å². The number of piperazine rings is 1. The zero-order valence-corrected chi connectivity index (χ0v) is 23.7. The summed E-state index contributed by atoms with van der Waals surface area (Å²) in [5.74, 6) is -1.62. The molecule has 1 aliphatic carbocycles. The van der Waals surface area contributed by atoms with E-state index in [9.17, 15) is 23.6 Å². The van der Waals surface area contributed by atoms with E-state index in [2.05, 4.69) is 0 Å². The molecule has 0 bridgehead atoms. The second-order valence-electron chi connectivity index (χ2n) is 9.68. The number of benzene rings is 1. The van der Waals surface area contributed by atoms with E-state index in [1.54, 1.807) is 18.2 Å². The number of hydrogen-bond acceptors (Lipinski definition) is 7. The summed E-state index contributed by atoms with van der Waals surface area (Å²) in [5, 5.41) is 8.94. The van der Waals surface area contributed by atoms with Crippen molar-refractivity contribution in [3.63, 3.8) is 0 Å². The minimum Gasteiger partial charge on any atom is -0.480 e. The number of carboxylic acids is 1. The summed E-state index contributed by atoms with van der Waals surface area (Å²) < 4.78 is 14.8. The fourth-order valence-electron chi connectivity index (χ4n) is 4.94. The van der Waals surface area contributed by atoms with E-state index in [0.29, 0.717) is 44.7 Å². The topological polar surface area (TPSA) is 98.2 Å². The quantitative estimate of drug-likeness (QED) is 0.438. The number of nitrogens with zero attached hydrogens (tertiary/aromatic N) is 3. The number of likely N-dealkylation sites (tertiary alicyclic amines) is 1. The highest BCUT2D eigenvalue weighted by Crippen LogP contribution is 2.40. The minimum atomic E-state index is -1.03. The van der Waals surface area contributed by atoms with Crippen LogP contribution in [0.5, 0.6) is 0 Å². The Bertz CT molecular complexity index is 1070. The Morgan fingerprint density at radius 2 is 1.82 bits per heavy atom. The van der Waals surface area contributed by atoms with E-state index in [4.69, 9.17) is 5.11 Å². The first kappa shape index (κ1) is 32.2. The lowest BCUT2D eigenvalue weighted by atomic mass is 9.93. The molecule has 0 spiro atoms. The lowest BCUT2D eigenvalue weighted by molar-refractivity contribution is -0.146. The third kappa shape index (κ3) is 8.26. The van der Waals surface area contributed by atoms with E-state index < -0.39 is 12.0 Å². The number of ketones is 1. The van der Waals surface area contributed by atoms with Crippen LogP contribution in [0.1, 0.15) is 37.8 Å². The van der Waals surface area contributed by atoms with Crippen molar-refractivity contribution in [1.82, 2.24) is 14.7 Å². The summed E-state index contributed by atoms with van der Waals surface area (Å²) in [5.41, 5.74) is 1.39. The van der Waals surface area contributed by atoms with Crippen LogP contribution in [0.2, 0.25) is 0 Å². The van der Waals surface area contributed by atoms with Crippen LogP contribution in [0.25, 0.3) is 0 Å². The van der Waals surface area contributed by atoms with Crippen molar-refractivity contribution in [2.45, 2.75) is 37.5 Å². The maximum atomic E-state index is 14.8. The summed E-state index contributed by atoms with van der Waals surface area (Å²) in [7, 11) is 0. The Labute approximate surface area is 238 Å². The maximum Gasteiger partial charge on any atom is 0.323 e. The predicted octanol–water partition coefficient (Wildman–Crippen LogP) is 3.20. The molecule has 1 amide bonds. The number of carbonyl (C=O) groups excluding carboxylic acids is 3. The van der Waals surface area contributed by atoms with Crippen LogP contribution >= 0.6 is 36.6 Å². The van der Waals surface area contributed by atoms with Crippen molar-refractivity contribution < 1.29 is 28.7 Å². The molecule has 2 atom stereocenters. The van der Waals surface area contributed by atoms with E-state index in [1.165, 1.54) is 29.7 Å². The van der Waals surface area contributed by atoms with Gasteiger partial charge in [-0.3, -0.25) is 29.0 Å². The highest BCUT2D eigenvalue weighted by molar-refractivity contribution is 8.14. The lowest BCUT2D eigenvalue weighted by Gasteiger charge is -2.39. The number of Topliss-reactive ketones (excluding diaryl/α,β-unsaturated/α-hetero) is 1. The van der Waals surface area contributed by atoms with Gasteiger partial charge in [0.05, 0.1) is 12.6 Å². The van der Waals surface area contributed by atoms with Crippen LogP contribution in [0.15, 0.2) is 35.9 Å². The monoisotopic (exact) mass is 589 g/mol. The molecule has 38 heavy (non-hydrogen) atoms. The molecule has 4 rings (SSSR count). The molecule has 210 valence electrons. The average Bonchev–Trinajstić information content (AvgIpc) is 3.67. The second kappa shape index (κ2) is 14.4. The van der Waals surface area contributed by atoms with Crippen molar-refractivity contribution >= 4 is 59.4 Å². The van der Waals surface area contributed by atoms with Gasteiger partial charge in [0.2, 0.25) is 5.91 Å². The number of carboxylic acid groups (broad SMARTS) is 1.